The first kappa shape index (κ1) is 17.3. The number of carboxylic acids is 1. The number of benzene rings is 2. The number of likely N-dealkylation sites (tertiary alicyclic amines) is 1. The SMILES string of the molecule is O=C(O)[C@@H]1CN(C/C=C/c2ccc(F)cc2)C[C@H]1c1cccc(F)c1. The van der Waals surface area contributed by atoms with Crippen molar-refractivity contribution < 1.29 is 18.7 Å². The fourth-order valence-corrected chi connectivity index (χ4v) is 3.27. The van der Waals surface area contributed by atoms with Crippen LogP contribution in [0.4, 0.5) is 8.78 Å². The lowest BCUT2D eigenvalue weighted by Gasteiger charge is -2.15. The van der Waals surface area contributed by atoms with Crippen LogP contribution in [0.25, 0.3) is 6.08 Å². The topological polar surface area (TPSA) is 40.5 Å². The second kappa shape index (κ2) is 7.57. The predicted octanol–water partition coefficient (Wildman–Crippen LogP) is 3.78. The average Bonchev–Trinajstić information content (AvgIpc) is 3.01. The van der Waals surface area contributed by atoms with E-state index >= 15 is 0 Å². The van der Waals surface area contributed by atoms with Crippen molar-refractivity contribution in [2.45, 2.75) is 5.92 Å². The maximum Gasteiger partial charge on any atom is 0.308 e. The van der Waals surface area contributed by atoms with Gasteiger partial charge >= 0.3 is 5.97 Å². The van der Waals surface area contributed by atoms with Gasteiger partial charge in [0.25, 0.3) is 0 Å². The minimum Gasteiger partial charge on any atom is -0.481 e. The molecule has 0 unspecified atom stereocenters. The molecule has 1 N–H and O–H groups in total. The summed E-state index contributed by atoms with van der Waals surface area (Å²) in [6.45, 7) is 1.57. The molecule has 130 valence electrons. The van der Waals surface area contributed by atoms with Gasteiger partial charge in [0.2, 0.25) is 0 Å². The highest BCUT2D eigenvalue weighted by Crippen LogP contribution is 2.33. The zero-order valence-corrected chi connectivity index (χ0v) is 13.6. The molecule has 0 spiro atoms. The molecule has 2 aromatic rings. The molecule has 1 saturated heterocycles. The van der Waals surface area contributed by atoms with E-state index in [1.807, 2.05) is 17.1 Å². The van der Waals surface area contributed by atoms with Crippen LogP contribution < -0.4 is 0 Å². The van der Waals surface area contributed by atoms with Crippen LogP contribution >= 0.6 is 0 Å². The van der Waals surface area contributed by atoms with Crippen LogP contribution in [0.15, 0.2) is 54.6 Å². The molecule has 2 atom stereocenters. The number of nitrogens with zero attached hydrogens (tertiary/aromatic N) is 1. The molecule has 1 aliphatic rings. The summed E-state index contributed by atoms with van der Waals surface area (Å²) in [6, 6.07) is 12.3. The maximum atomic E-state index is 13.5. The van der Waals surface area contributed by atoms with E-state index in [0.717, 1.165) is 11.1 Å². The molecule has 1 fully saturated rings. The Labute approximate surface area is 145 Å². The summed E-state index contributed by atoms with van der Waals surface area (Å²) in [5, 5.41) is 9.49. The van der Waals surface area contributed by atoms with Gasteiger partial charge in [-0.2, -0.15) is 0 Å². The summed E-state index contributed by atoms with van der Waals surface area (Å²) in [7, 11) is 0. The molecule has 25 heavy (non-hydrogen) atoms. The molecule has 0 radical (unpaired) electrons. The lowest BCUT2D eigenvalue weighted by Crippen LogP contribution is -2.23. The summed E-state index contributed by atoms with van der Waals surface area (Å²) in [4.78, 5) is 13.6. The van der Waals surface area contributed by atoms with Crippen molar-refractivity contribution in [3.63, 3.8) is 0 Å². The van der Waals surface area contributed by atoms with Gasteiger partial charge in [0.05, 0.1) is 5.92 Å². The molecule has 1 heterocycles. The lowest BCUT2D eigenvalue weighted by atomic mass is 9.89. The van der Waals surface area contributed by atoms with Crippen LogP contribution in [0.5, 0.6) is 0 Å². The maximum absolute atomic E-state index is 13.5. The zero-order chi connectivity index (χ0) is 17.8. The Balaban J connectivity index is 1.67. The van der Waals surface area contributed by atoms with Gasteiger partial charge in [-0.1, -0.05) is 36.4 Å². The molecule has 1 aliphatic heterocycles. The summed E-state index contributed by atoms with van der Waals surface area (Å²) in [6.07, 6.45) is 3.81. The average molecular weight is 343 g/mol. The van der Waals surface area contributed by atoms with Crippen LogP contribution in [-0.4, -0.2) is 35.6 Å². The Hall–Kier alpha value is -2.53. The first-order valence-electron chi connectivity index (χ1n) is 8.15. The number of carboxylic acid groups (broad SMARTS) is 1. The monoisotopic (exact) mass is 343 g/mol. The van der Waals surface area contributed by atoms with Crippen molar-refractivity contribution in [3.05, 3.63) is 77.4 Å². The van der Waals surface area contributed by atoms with Crippen molar-refractivity contribution in [2.24, 2.45) is 5.92 Å². The first-order chi connectivity index (χ1) is 12.0. The summed E-state index contributed by atoms with van der Waals surface area (Å²) in [5.41, 5.74) is 1.61. The molecule has 5 heteroatoms. The van der Waals surface area contributed by atoms with Crippen LogP contribution in [-0.2, 0) is 4.79 Å². The van der Waals surface area contributed by atoms with E-state index in [1.54, 1.807) is 24.3 Å². The Morgan fingerprint density at radius 3 is 2.56 bits per heavy atom. The fourth-order valence-electron chi connectivity index (χ4n) is 3.27. The van der Waals surface area contributed by atoms with Crippen LogP contribution in [0.2, 0.25) is 0 Å². The van der Waals surface area contributed by atoms with Crippen molar-refractivity contribution in [2.75, 3.05) is 19.6 Å². The van der Waals surface area contributed by atoms with Crippen molar-refractivity contribution in [1.82, 2.24) is 4.90 Å². The molecular weight excluding hydrogens is 324 g/mol. The highest BCUT2D eigenvalue weighted by atomic mass is 19.1. The van der Waals surface area contributed by atoms with Gasteiger partial charge in [0.1, 0.15) is 11.6 Å². The van der Waals surface area contributed by atoms with Gasteiger partial charge < -0.3 is 5.11 Å². The standard InChI is InChI=1S/C20H19F2NO2/c21-16-8-6-14(7-9-16)3-2-10-23-12-18(19(13-23)20(24)25)15-4-1-5-17(22)11-15/h1-9,11,18-19H,10,12-13H2,(H,24,25)/b3-2+/t18-,19+/m0/s1. The van der Waals surface area contributed by atoms with Gasteiger partial charge in [-0.15, -0.1) is 0 Å². The molecule has 0 aromatic heterocycles. The summed E-state index contributed by atoms with van der Waals surface area (Å²) >= 11 is 0. The number of hydrogen-bond donors (Lipinski definition) is 1. The third kappa shape index (κ3) is 4.31. The van der Waals surface area contributed by atoms with Crippen LogP contribution in [0.3, 0.4) is 0 Å². The van der Waals surface area contributed by atoms with E-state index in [1.165, 1.54) is 24.3 Å². The fraction of sp³-hybridized carbons (Fsp3) is 0.250. The summed E-state index contributed by atoms with van der Waals surface area (Å²) < 4.78 is 26.4. The molecule has 2 aromatic carbocycles. The van der Waals surface area contributed by atoms with Crippen molar-refractivity contribution in [1.29, 1.82) is 0 Å². The second-order valence-electron chi connectivity index (χ2n) is 6.28. The molecular formula is C20H19F2NO2. The number of carbonyl (C=O) groups is 1. The quantitative estimate of drug-likeness (QED) is 0.898. The van der Waals surface area contributed by atoms with E-state index in [4.69, 9.17) is 0 Å². The third-order valence-corrected chi connectivity index (χ3v) is 4.53. The van der Waals surface area contributed by atoms with Gasteiger partial charge in [0.15, 0.2) is 0 Å². The smallest absolute Gasteiger partial charge is 0.308 e. The van der Waals surface area contributed by atoms with Crippen LogP contribution in [0, 0.1) is 17.6 Å². The number of hydrogen-bond acceptors (Lipinski definition) is 2. The van der Waals surface area contributed by atoms with E-state index in [0.29, 0.717) is 19.6 Å². The number of halogens is 2. The Kier molecular flexibility index (Phi) is 5.24. The van der Waals surface area contributed by atoms with E-state index < -0.39 is 11.9 Å². The highest BCUT2D eigenvalue weighted by molar-refractivity contribution is 5.72. The van der Waals surface area contributed by atoms with Gasteiger partial charge in [-0.3, -0.25) is 9.69 Å². The van der Waals surface area contributed by atoms with Crippen LogP contribution in [0.1, 0.15) is 17.0 Å². The second-order valence-corrected chi connectivity index (χ2v) is 6.28. The molecule has 3 nitrogen and oxygen atoms in total. The molecule has 0 aliphatic carbocycles. The normalized spacial score (nSPS) is 21.0. The molecule has 0 saturated carbocycles. The van der Waals surface area contributed by atoms with Crippen molar-refractivity contribution in [3.8, 4) is 0 Å². The van der Waals surface area contributed by atoms with Gasteiger partial charge in [0, 0.05) is 25.6 Å². The van der Waals surface area contributed by atoms with Crippen molar-refractivity contribution >= 4 is 12.0 Å². The Bertz CT molecular complexity index is 774. The predicted molar refractivity (Wildman–Crippen MR) is 92.1 cm³/mol. The first-order valence-corrected chi connectivity index (χ1v) is 8.15. The summed E-state index contributed by atoms with van der Waals surface area (Å²) in [5.74, 6) is -2.28. The van der Waals surface area contributed by atoms with E-state index in [2.05, 4.69) is 0 Å². The minimum absolute atomic E-state index is 0.229. The largest absolute Gasteiger partial charge is 0.481 e. The zero-order valence-electron chi connectivity index (χ0n) is 13.6. The van der Waals surface area contributed by atoms with E-state index in [-0.39, 0.29) is 17.6 Å². The number of rotatable bonds is 5. The van der Waals surface area contributed by atoms with E-state index in [9.17, 15) is 18.7 Å². The molecule has 3 rings (SSSR count). The molecule has 0 amide bonds. The third-order valence-electron chi connectivity index (χ3n) is 4.53. The highest BCUT2D eigenvalue weighted by Gasteiger charge is 2.38. The molecule has 0 bridgehead atoms. The Morgan fingerprint density at radius 1 is 1.12 bits per heavy atom. The Morgan fingerprint density at radius 2 is 1.88 bits per heavy atom. The van der Waals surface area contributed by atoms with Gasteiger partial charge in [-0.05, 0) is 35.4 Å². The lowest BCUT2D eigenvalue weighted by molar-refractivity contribution is -0.141. The number of aliphatic carboxylic acids is 1. The minimum atomic E-state index is -0.862. The van der Waals surface area contributed by atoms with Gasteiger partial charge in [-0.25, -0.2) is 8.78 Å².